The van der Waals surface area contributed by atoms with Gasteiger partial charge in [0.1, 0.15) is 0 Å². The predicted octanol–water partition coefficient (Wildman–Crippen LogP) is 2.64. The Labute approximate surface area is 119 Å². The maximum atomic E-state index is 11.1. The first-order chi connectivity index (χ1) is 9.22. The van der Waals surface area contributed by atoms with E-state index in [1.54, 1.807) is 26.4 Å². The number of anilines is 1. The lowest BCUT2D eigenvalue weighted by Crippen LogP contribution is -2.29. The summed E-state index contributed by atoms with van der Waals surface area (Å²) in [4.78, 5) is 13.2. The molecule has 106 valence electrons. The summed E-state index contributed by atoms with van der Waals surface area (Å²) in [5.41, 5.74) is 1.48. The van der Waals surface area contributed by atoms with E-state index in [4.69, 9.17) is 21.1 Å². The van der Waals surface area contributed by atoms with Crippen LogP contribution in [0.3, 0.4) is 0 Å². The van der Waals surface area contributed by atoms with Crippen molar-refractivity contribution in [3.8, 4) is 0 Å². The summed E-state index contributed by atoms with van der Waals surface area (Å²) in [7, 11) is 3.33. The van der Waals surface area contributed by atoms with Crippen molar-refractivity contribution >= 4 is 23.6 Å². The molecule has 1 aromatic carbocycles. The summed E-state index contributed by atoms with van der Waals surface area (Å²) in [6.45, 7) is 2.78. The van der Waals surface area contributed by atoms with Crippen LogP contribution in [0, 0.1) is 0 Å². The number of ether oxygens (including phenoxy) is 2. The molecule has 0 saturated heterocycles. The van der Waals surface area contributed by atoms with Crippen LogP contribution in [0.1, 0.15) is 16.8 Å². The highest BCUT2D eigenvalue weighted by atomic mass is 35.5. The van der Waals surface area contributed by atoms with E-state index in [2.05, 4.69) is 4.90 Å². The summed E-state index contributed by atoms with van der Waals surface area (Å²) in [5, 5.41) is 0.620. The quantitative estimate of drug-likeness (QED) is 0.516. The van der Waals surface area contributed by atoms with Gasteiger partial charge in [0.05, 0.1) is 6.61 Å². The molecule has 0 atom stereocenters. The van der Waals surface area contributed by atoms with Crippen molar-refractivity contribution in [3.05, 3.63) is 28.8 Å². The molecule has 0 aliphatic heterocycles. The third-order valence-electron chi connectivity index (χ3n) is 2.80. The van der Waals surface area contributed by atoms with Crippen molar-refractivity contribution in [2.75, 3.05) is 45.4 Å². The van der Waals surface area contributed by atoms with Crippen molar-refractivity contribution in [2.45, 2.75) is 6.42 Å². The Morgan fingerprint density at radius 3 is 2.58 bits per heavy atom. The van der Waals surface area contributed by atoms with E-state index in [9.17, 15) is 4.79 Å². The van der Waals surface area contributed by atoms with Gasteiger partial charge in [-0.25, -0.2) is 0 Å². The number of aldehydes is 1. The average Bonchev–Trinajstić information content (AvgIpc) is 2.42. The van der Waals surface area contributed by atoms with Gasteiger partial charge in [0.2, 0.25) is 0 Å². The lowest BCUT2D eigenvalue weighted by Gasteiger charge is -2.26. The summed E-state index contributed by atoms with van der Waals surface area (Å²) >= 11 is 6.01. The Balaban J connectivity index is 2.87. The Bertz CT molecular complexity index is 398. The van der Waals surface area contributed by atoms with E-state index in [0.29, 0.717) is 30.3 Å². The SMILES string of the molecule is COCCCN(CCOC)c1cc(Cl)ccc1C=O. The minimum Gasteiger partial charge on any atom is -0.385 e. The van der Waals surface area contributed by atoms with Gasteiger partial charge >= 0.3 is 0 Å². The van der Waals surface area contributed by atoms with Gasteiger partial charge in [0.15, 0.2) is 6.29 Å². The van der Waals surface area contributed by atoms with Crippen LogP contribution in [-0.2, 0) is 9.47 Å². The maximum Gasteiger partial charge on any atom is 0.152 e. The molecule has 0 bridgehead atoms. The molecular formula is C14H20ClNO3. The molecule has 0 N–H and O–H groups in total. The Morgan fingerprint density at radius 1 is 1.21 bits per heavy atom. The number of hydrogen-bond donors (Lipinski definition) is 0. The third kappa shape index (κ3) is 5.19. The molecule has 0 fully saturated rings. The van der Waals surface area contributed by atoms with Gasteiger partial charge in [0, 0.05) is 50.2 Å². The van der Waals surface area contributed by atoms with Crippen LogP contribution in [0.2, 0.25) is 5.02 Å². The third-order valence-corrected chi connectivity index (χ3v) is 3.04. The van der Waals surface area contributed by atoms with E-state index < -0.39 is 0 Å². The van der Waals surface area contributed by atoms with Gasteiger partial charge in [-0.15, -0.1) is 0 Å². The van der Waals surface area contributed by atoms with Crippen molar-refractivity contribution < 1.29 is 14.3 Å². The van der Waals surface area contributed by atoms with Crippen molar-refractivity contribution in [1.29, 1.82) is 0 Å². The highest BCUT2D eigenvalue weighted by Crippen LogP contribution is 2.24. The Hall–Kier alpha value is -1.10. The van der Waals surface area contributed by atoms with Gasteiger partial charge in [-0.05, 0) is 24.6 Å². The fourth-order valence-corrected chi connectivity index (χ4v) is 2.01. The minimum atomic E-state index is 0.595. The molecule has 1 rings (SSSR count). The van der Waals surface area contributed by atoms with Crippen LogP contribution in [0.4, 0.5) is 5.69 Å². The number of carbonyl (C=O) groups is 1. The highest BCUT2D eigenvalue weighted by molar-refractivity contribution is 6.31. The second-order valence-electron chi connectivity index (χ2n) is 4.15. The van der Waals surface area contributed by atoms with E-state index in [1.807, 2.05) is 6.07 Å². The Morgan fingerprint density at radius 2 is 1.95 bits per heavy atom. The van der Waals surface area contributed by atoms with E-state index in [0.717, 1.165) is 24.9 Å². The Kier molecular flexibility index (Phi) is 7.48. The molecule has 0 unspecified atom stereocenters. The second-order valence-corrected chi connectivity index (χ2v) is 4.58. The molecule has 0 aromatic heterocycles. The smallest absolute Gasteiger partial charge is 0.152 e. The van der Waals surface area contributed by atoms with Gasteiger partial charge in [-0.2, -0.15) is 0 Å². The second kappa shape index (κ2) is 8.91. The predicted molar refractivity (Wildman–Crippen MR) is 77.4 cm³/mol. The number of benzene rings is 1. The first-order valence-corrected chi connectivity index (χ1v) is 6.58. The molecule has 0 radical (unpaired) electrons. The van der Waals surface area contributed by atoms with Crippen molar-refractivity contribution in [3.63, 3.8) is 0 Å². The summed E-state index contributed by atoms with van der Waals surface area (Å²) in [6, 6.07) is 5.27. The molecule has 0 aliphatic rings. The summed E-state index contributed by atoms with van der Waals surface area (Å²) < 4.78 is 10.2. The first-order valence-electron chi connectivity index (χ1n) is 6.20. The van der Waals surface area contributed by atoms with E-state index in [1.165, 1.54) is 0 Å². The number of methoxy groups -OCH3 is 2. The topological polar surface area (TPSA) is 38.8 Å². The zero-order valence-corrected chi connectivity index (χ0v) is 12.2. The number of carbonyl (C=O) groups excluding carboxylic acids is 1. The lowest BCUT2D eigenvalue weighted by molar-refractivity contribution is 0.112. The molecule has 5 heteroatoms. The van der Waals surface area contributed by atoms with Gasteiger partial charge in [0.25, 0.3) is 0 Å². The lowest BCUT2D eigenvalue weighted by atomic mass is 10.1. The summed E-state index contributed by atoms with van der Waals surface area (Å²) in [5.74, 6) is 0. The molecule has 0 aliphatic carbocycles. The monoisotopic (exact) mass is 285 g/mol. The van der Waals surface area contributed by atoms with Crippen LogP contribution in [-0.4, -0.2) is 46.8 Å². The van der Waals surface area contributed by atoms with Gasteiger partial charge in [-0.3, -0.25) is 4.79 Å². The van der Waals surface area contributed by atoms with Crippen molar-refractivity contribution in [1.82, 2.24) is 0 Å². The van der Waals surface area contributed by atoms with E-state index in [-0.39, 0.29) is 0 Å². The number of rotatable bonds is 9. The van der Waals surface area contributed by atoms with Gasteiger partial charge < -0.3 is 14.4 Å². The molecule has 1 aromatic rings. The zero-order chi connectivity index (χ0) is 14.1. The largest absolute Gasteiger partial charge is 0.385 e. The number of hydrogen-bond acceptors (Lipinski definition) is 4. The number of nitrogens with zero attached hydrogens (tertiary/aromatic N) is 1. The maximum absolute atomic E-state index is 11.1. The fourth-order valence-electron chi connectivity index (χ4n) is 1.84. The van der Waals surface area contributed by atoms with Gasteiger partial charge in [-0.1, -0.05) is 11.6 Å². The average molecular weight is 286 g/mol. The molecule has 0 heterocycles. The highest BCUT2D eigenvalue weighted by Gasteiger charge is 2.11. The standard InChI is InChI=1S/C14H20ClNO3/c1-18-8-3-6-16(7-9-19-2)14-10-13(15)5-4-12(14)11-17/h4-5,10-11H,3,6-9H2,1-2H3. The molecule has 0 saturated carbocycles. The minimum absolute atomic E-state index is 0.595. The van der Waals surface area contributed by atoms with Crippen LogP contribution < -0.4 is 4.90 Å². The first kappa shape index (κ1) is 16.0. The summed E-state index contributed by atoms with van der Waals surface area (Å²) in [6.07, 6.45) is 1.73. The van der Waals surface area contributed by atoms with Crippen LogP contribution in [0.15, 0.2) is 18.2 Å². The normalized spacial score (nSPS) is 10.5. The molecule has 19 heavy (non-hydrogen) atoms. The van der Waals surface area contributed by atoms with Crippen LogP contribution in [0.25, 0.3) is 0 Å². The van der Waals surface area contributed by atoms with Crippen LogP contribution >= 0.6 is 11.6 Å². The van der Waals surface area contributed by atoms with E-state index >= 15 is 0 Å². The van der Waals surface area contributed by atoms with Crippen LogP contribution in [0.5, 0.6) is 0 Å². The van der Waals surface area contributed by atoms with Crippen molar-refractivity contribution in [2.24, 2.45) is 0 Å². The number of halogens is 1. The molecule has 0 amide bonds. The molecule has 0 spiro atoms. The molecular weight excluding hydrogens is 266 g/mol. The molecule has 4 nitrogen and oxygen atoms in total. The fraction of sp³-hybridized carbons (Fsp3) is 0.500. The zero-order valence-electron chi connectivity index (χ0n) is 11.4.